The smallest absolute Gasteiger partial charge is 0.262 e. The second-order valence-electron chi connectivity index (χ2n) is 3.58. The van der Waals surface area contributed by atoms with Gasteiger partial charge in [-0.05, 0) is 20.8 Å². The third-order valence-corrected chi connectivity index (χ3v) is 1.62. The maximum absolute atomic E-state index is 13.0. The highest BCUT2D eigenvalue weighted by atomic mass is 19.1. The zero-order valence-corrected chi connectivity index (χ0v) is 7.93. The number of amidine groups is 1. The van der Waals surface area contributed by atoms with E-state index in [4.69, 9.17) is 4.84 Å². The molecule has 0 bridgehead atoms. The molecule has 0 aromatic carbocycles. The van der Waals surface area contributed by atoms with Crippen LogP contribution >= 0.6 is 0 Å². The Hall–Kier alpha value is -1.13. The zero-order chi connectivity index (χ0) is 10.1. The van der Waals surface area contributed by atoms with Crippen LogP contribution in [0.3, 0.4) is 0 Å². The Labute approximate surface area is 76.1 Å². The van der Waals surface area contributed by atoms with E-state index in [0.717, 1.165) is 0 Å². The average Bonchev–Trinajstić information content (AvgIpc) is 2.33. The molecule has 0 fully saturated rings. The van der Waals surface area contributed by atoms with Crippen molar-refractivity contribution in [3.63, 3.8) is 0 Å². The highest BCUT2D eigenvalue weighted by molar-refractivity contribution is 6.01. The molecule has 5 heteroatoms. The maximum Gasteiger partial charge on any atom is 0.262 e. The fraction of sp³-hybridized carbons (Fsp3) is 0.750. The molecule has 0 saturated heterocycles. The highest BCUT2D eigenvalue weighted by Crippen LogP contribution is 2.11. The topological polar surface area (TPSA) is 50.7 Å². The molecule has 1 heterocycles. The van der Waals surface area contributed by atoms with Gasteiger partial charge < -0.3 is 10.2 Å². The minimum atomic E-state index is -1.88. The van der Waals surface area contributed by atoms with Gasteiger partial charge in [-0.15, -0.1) is 0 Å². The van der Waals surface area contributed by atoms with E-state index in [0.29, 0.717) is 12.3 Å². The molecule has 1 rings (SSSR count). The lowest BCUT2D eigenvalue weighted by atomic mass is 10.1. The standard InChI is InChI=1S/C8H13FN2O2/c1-5-4-6(11-13-5)10-7(12)8(2,3)9/h5H,4H2,1-3H3,(H,10,11,12). The van der Waals surface area contributed by atoms with Crippen LogP contribution in [0.2, 0.25) is 0 Å². The number of rotatable bonds is 1. The van der Waals surface area contributed by atoms with Crippen molar-refractivity contribution in [1.82, 2.24) is 5.32 Å². The average molecular weight is 188 g/mol. The van der Waals surface area contributed by atoms with E-state index < -0.39 is 11.6 Å². The van der Waals surface area contributed by atoms with E-state index in [1.807, 2.05) is 6.92 Å². The van der Waals surface area contributed by atoms with Gasteiger partial charge in [0.2, 0.25) is 0 Å². The van der Waals surface area contributed by atoms with Crippen molar-refractivity contribution in [2.24, 2.45) is 5.16 Å². The number of amides is 1. The summed E-state index contributed by atoms with van der Waals surface area (Å²) in [5, 5.41) is 5.95. The van der Waals surface area contributed by atoms with Crippen LogP contribution in [0, 0.1) is 0 Å². The molecule has 1 aliphatic rings. The van der Waals surface area contributed by atoms with E-state index in [1.54, 1.807) is 0 Å². The Morgan fingerprint density at radius 3 is 2.77 bits per heavy atom. The number of halogens is 1. The van der Waals surface area contributed by atoms with Gasteiger partial charge >= 0.3 is 0 Å². The van der Waals surface area contributed by atoms with Crippen LogP contribution in [-0.4, -0.2) is 23.5 Å². The first-order valence-electron chi connectivity index (χ1n) is 4.12. The SMILES string of the molecule is CC1CC(NC(=O)C(C)(C)F)=NO1. The largest absolute Gasteiger partial charge is 0.391 e. The number of hydrogen-bond acceptors (Lipinski definition) is 3. The number of carbonyl (C=O) groups is 1. The quantitative estimate of drug-likeness (QED) is 0.666. The van der Waals surface area contributed by atoms with E-state index in [1.165, 1.54) is 13.8 Å². The molecule has 0 aromatic rings. The molecule has 1 unspecified atom stereocenters. The third kappa shape index (κ3) is 2.68. The van der Waals surface area contributed by atoms with Crippen LogP contribution in [0.4, 0.5) is 4.39 Å². The molecule has 0 radical (unpaired) electrons. The second-order valence-corrected chi connectivity index (χ2v) is 3.58. The van der Waals surface area contributed by atoms with E-state index >= 15 is 0 Å². The molecule has 1 N–H and O–H groups in total. The molecule has 13 heavy (non-hydrogen) atoms. The molecule has 4 nitrogen and oxygen atoms in total. The summed E-state index contributed by atoms with van der Waals surface area (Å²) >= 11 is 0. The molecule has 1 amide bonds. The van der Waals surface area contributed by atoms with Crippen molar-refractivity contribution in [1.29, 1.82) is 0 Å². The third-order valence-electron chi connectivity index (χ3n) is 1.62. The van der Waals surface area contributed by atoms with E-state index in [-0.39, 0.29) is 6.10 Å². The molecule has 1 atom stereocenters. The van der Waals surface area contributed by atoms with Crippen molar-refractivity contribution in [2.45, 2.75) is 39.0 Å². The number of nitrogens with zero attached hydrogens (tertiary/aromatic N) is 1. The lowest BCUT2D eigenvalue weighted by molar-refractivity contribution is -0.129. The van der Waals surface area contributed by atoms with E-state index in [2.05, 4.69) is 10.5 Å². The summed E-state index contributed by atoms with van der Waals surface area (Å²) in [5.41, 5.74) is -1.88. The number of oxime groups is 1. The first-order valence-corrected chi connectivity index (χ1v) is 4.12. The summed E-state index contributed by atoms with van der Waals surface area (Å²) in [4.78, 5) is 15.9. The Morgan fingerprint density at radius 1 is 1.77 bits per heavy atom. The summed E-state index contributed by atoms with van der Waals surface area (Å²) in [6, 6.07) is 0. The summed E-state index contributed by atoms with van der Waals surface area (Å²) in [7, 11) is 0. The second kappa shape index (κ2) is 3.32. The predicted octanol–water partition coefficient (Wildman–Crippen LogP) is 0.973. The highest BCUT2D eigenvalue weighted by Gasteiger charge is 2.29. The number of alkyl halides is 1. The Bertz CT molecular complexity index is 245. The maximum atomic E-state index is 13.0. The summed E-state index contributed by atoms with van der Waals surface area (Å²) in [6.45, 7) is 4.22. The van der Waals surface area contributed by atoms with Crippen LogP contribution in [0.25, 0.3) is 0 Å². The van der Waals surface area contributed by atoms with Crippen molar-refractivity contribution in [2.75, 3.05) is 0 Å². The molecular weight excluding hydrogens is 175 g/mol. The number of nitrogens with one attached hydrogen (secondary N) is 1. The van der Waals surface area contributed by atoms with Crippen LogP contribution in [-0.2, 0) is 9.63 Å². The van der Waals surface area contributed by atoms with Crippen LogP contribution < -0.4 is 5.32 Å². The molecule has 0 saturated carbocycles. The minimum absolute atomic E-state index is 0.0435. The Kier molecular flexibility index (Phi) is 2.54. The van der Waals surface area contributed by atoms with Gasteiger partial charge in [0.05, 0.1) is 0 Å². The normalized spacial score (nSPS) is 22.2. The molecule has 0 spiro atoms. The Balaban J connectivity index is 2.47. The lowest BCUT2D eigenvalue weighted by Crippen LogP contribution is -2.41. The molecule has 0 aromatic heterocycles. The molecular formula is C8H13FN2O2. The van der Waals surface area contributed by atoms with Gasteiger partial charge in [0.1, 0.15) is 6.10 Å². The zero-order valence-electron chi connectivity index (χ0n) is 7.93. The van der Waals surface area contributed by atoms with Gasteiger partial charge in [0.25, 0.3) is 5.91 Å². The minimum Gasteiger partial charge on any atom is -0.391 e. The van der Waals surface area contributed by atoms with Gasteiger partial charge in [-0.2, -0.15) is 0 Å². The first kappa shape index (κ1) is 9.95. The number of carbonyl (C=O) groups excluding carboxylic acids is 1. The summed E-state index contributed by atoms with van der Waals surface area (Å²) < 4.78 is 13.0. The Morgan fingerprint density at radius 2 is 2.38 bits per heavy atom. The van der Waals surface area contributed by atoms with Crippen molar-refractivity contribution >= 4 is 11.7 Å². The molecule has 74 valence electrons. The fourth-order valence-corrected chi connectivity index (χ4v) is 0.854. The van der Waals surface area contributed by atoms with Gasteiger partial charge in [-0.25, -0.2) is 4.39 Å². The predicted molar refractivity (Wildman–Crippen MR) is 45.9 cm³/mol. The van der Waals surface area contributed by atoms with Gasteiger partial charge in [0.15, 0.2) is 11.5 Å². The van der Waals surface area contributed by atoms with Crippen LogP contribution in [0.1, 0.15) is 27.2 Å². The summed E-state index contributed by atoms with van der Waals surface area (Å²) in [5.74, 6) is -0.299. The fourth-order valence-electron chi connectivity index (χ4n) is 0.854. The van der Waals surface area contributed by atoms with Gasteiger partial charge in [-0.1, -0.05) is 5.16 Å². The van der Waals surface area contributed by atoms with Crippen LogP contribution in [0.5, 0.6) is 0 Å². The van der Waals surface area contributed by atoms with E-state index in [9.17, 15) is 9.18 Å². The van der Waals surface area contributed by atoms with Gasteiger partial charge in [-0.3, -0.25) is 4.79 Å². The monoisotopic (exact) mass is 188 g/mol. The summed E-state index contributed by atoms with van der Waals surface area (Å²) in [6.07, 6.45) is 0.472. The van der Waals surface area contributed by atoms with Crippen LogP contribution in [0.15, 0.2) is 5.16 Å². The first-order chi connectivity index (χ1) is 5.89. The lowest BCUT2D eigenvalue weighted by Gasteiger charge is -2.12. The van der Waals surface area contributed by atoms with Crippen molar-refractivity contribution in [3.05, 3.63) is 0 Å². The van der Waals surface area contributed by atoms with Gasteiger partial charge in [0, 0.05) is 6.42 Å². The van der Waals surface area contributed by atoms with Crippen molar-refractivity contribution < 1.29 is 14.0 Å². The molecule has 1 aliphatic heterocycles. The number of hydrogen-bond donors (Lipinski definition) is 1. The van der Waals surface area contributed by atoms with Crippen molar-refractivity contribution in [3.8, 4) is 0 Å². The molecule has 0 aliphatic carbocycles.